The van der Waals surface area contributed by atoms with Crippen molar-refractivity contribution in [1.29, 1.82) is 0 Å². The van der Waals surface area contributed by atoms with Gasteiger partial charge in [0.25, 0.3) is 0 Å². The van der Waals surface area contributed by atoms with Gasteiger partial charge in [-0.25, -0.2) is 4.98 Å². The van der Waals surface area contributed by atoms with E-state index in [0.29, 0.717) is 11.4 Å². The molecular formula is C14H16N2O2. The summed E-state index contributed by atoms with van der Waals surface area (Å²) in [5, 5.41) is 0.952. The van der Waals surface area contributed by atoms with Gasteiger partial charge in [-0.15, -0.1) is 0 Å². The second-order valence-electron chi connectivity index (χ2n) is 4.31. The maximum absolute atomic E-state index is 11.8. The number of carbonyl (C=O) groups is 1. The summed E-state index contributed by atoms with van der Waals surface area (Å²) in [6, 6.07) is 7.73. The lowest BCUT2D eigenvalue weighted by Crippen LogP contribution is -2.15. The van der Waals surface area contributed by atoms with E-state index in [9.17, 15) is 4.79 Å². The Morgan fingerprint density at radius 3 is 2.50 bits per heavy atom. The molecule has 0 aliphatic rings. The third-order valence-corrected chi connectivity index (χ3v) is 2.82. The van der Waals surface area contributed by atoms with Crippen molar-refractivity contribution < 1.29 is 9.53 Å². The lowest BCUT2D eigenvalue weighted by molar-refractivity contribution is 0.101. The minimum absolute atomic E-state index is 0.0474. The fourth-order valence-electron chi connectivity index (χ4n) is 2.10. The molecule has 0 radical (unpaired) electrons. The molecule has 2 aromatic rings. The second-order valence-corrected chi connectivity index (χ2v) is 4.31. The number of pyridine rings is 1. The molecule has 0 amide bonds. The van der Waals surface area contributed by atoms with Gasteiger partial charge in [0, 0.05) is 19.5 Å². The van der Waals surface area contributed by atoms with Gasteiger partial charge in [0.15, 0.2) is 5.78 Å². The zero-order valence-corrected chi connectivity index (χ0v) is 11.0. The molecule has 0 aliphatic carbocycles. The number of methoxy groups -OCH3 is 1. The highest BCUT2D eigenvalue weighted by Gasteiger charge is 2.20. The van der Waals surface area contributed by atoms with Crippen molar-refractivity contribution in [3.63, 3.8) is 0 Å². The maximum Gasteiger partial charge on any atom is 0.226 e. The summed E-state index contributed by atoms with van der Waals surface area (Å²) in [6.45, 7) is 1.53. The SMILES string of the molecule is COc1nc2ccccc2c(N(C)C)c1C(C)=O. The summed E-state index contributed by atoms with van der Waals surface area (Å²) in [4.78, 5) is 18.2. The van der Waals surface area contributed by atoms with Crippen molar-refractivity contribution in [2.24, 2.45) is 0 Å². The molecule has 0 unspecified atom stereocenters. The molecule has 1 aromatic heterocycles. The van der Waals surface area contributed by atoms with E-state index in [1.807, 2.05) is 43.3 Å². The van der Waals surface area contributed by atoms with Crippen LogP contribution in [-0.2, 0) is 0 Å². The molecule has 0 aliphatic heterocycles. The van der Waals surface area contributed by atoms with Crippen LogP contribution < -0.4 is 9.64 Å². The number of ether oxygens (including phenoxy) is 1. The molecule has 4 nitrogen and oxygen atoms in total. The van der Waals surface area contributed by atoms with E-state index < -0.39 is 0 Å². The van der Waals surface area contributed by atoms with E-state index in [0.717, 1.165) is 16.6 Å². The summed E-state index contributed by atoms with van der Waals surface area (Å²) in [7, 11) is 5.35. The van der Waals surface area contributed by atoms with Crippen molar-refractivity contribution in [2.75, 3.05) is 26.1 Å². The number of hydrogen-bond acceptors (Lipinski definition) is 4. The van der Waals surface area contributed by atoms with Crippen LogP contribution in [0.15, 0.2) is 24.3 Å². The van der Waals surface area contributed by atoms with Crippen LogP contribution in [0.2, 0.25) is 0 Å². The van der Waals surface area contributed by atoms with E-state index in [-0.39, 0.29) is 5.78 Å². The first-order valence-corrected chi connectivity index (χ1v) is 5.71. The summed E-state index contributed by atoms with van der Waals surface area (Å²) >= 11 is 0. The number of anilines is 1. The predicted molar refractivity (Wildman–Crippen MR) is 72.6 cm³/mol. The Balaban J connectivity index is 2.93. The molecular weight excluding hydrogens is 228 g/mol. The molecule has 0 spiro atoms. The molecule has 0 bridgehead atoms. The standard InChI is InChI=1S/C14H16N2O2/c1-9(17)12-13(16(2)3)10-7-5-6-8-11(10)15-14(12)18-4/h5-8H,1-4H3. The number of fused-ring (bicyclic) bond motifs is 1. The Morgan fingerprint density at radius 1 is 1.28 bits per heavy atom. The Bertz CT molecular complexity index is 606. The molecule has 4 heteroatoms. The number of para-hydroxylation sites is 1. The molecule has 1 heterocycles. The first kappa shape index (κ1) is 12.4. The van der Waals surface area contributed by atoms with E-state index in [2.05, 4.69) is 4.98 Å². The average molecular weight is 244 g/mol. The van der Waals surface area contributed by atoms with Crippen LogP contribution in [0.4, 0.5) is 5.69 Å². The van der Waals surface area contributed by atoms with Crippen LogP contribution >= 0.6 is 0 Å². The van der Waals surface area contributed by atoms with Gasteiger partial charge in [-0.1, -0.05) is 18.2 Å². The van der Waals surface area contributed by atoms with Gasteiger partial charge in [0.05, 0.1) is 18.3 Å². The summed E-state index contributed by atoms with van der Waals surface area (Å²) < 4.78 is 5.25. The van der Waals surface area contributed by atoms with Gasteiger partial charge in [0.1, 0.15) is 5.56 Å². The zero-order chi connectivity index (χ0) is 13.3. The summed E-state index contributed by atoms with van der Waals surface area (Å²) in [5.74, 6) is 0.332. The molecule has 2 rings (SSSR count). The number of aromatic nitrogens is 1. The van der Waals surface area contributed by atoms with Crippen molar-refractivity contribution in [3.05, 3.63) is 29.8 Å². The summed E-state index contributed by atoms with van der Waals surface area (Å²) in [5.41, 5.74) is 2.20. The van der Waals surface area contributed by atoms with E-state index in [1.54, 1.807) is 0 Å². The zero-order valence-electron chi connectivity index (χ0n) is 11.0. The number of benzene rings is 1. The Kier molecular flexibility index (Phi) is 3.19. The van der Waals surface area contributed by atoms with Crippen LogP contribution in [0.3, 0.4) is 0 Å². The largest absolute Gasteiger partial charge is 0.480 e. The molecule has 0 saturated heterocycles. The number of rotatable bonds is 3. The molecule has 0 atom stereocenters. The lowest BCUT2D eigenvalue weighted by Gasteiger charge is -2.20. The minimum atomic E-state index is -0.0474. The molecule has 0 N–H and O–H groups in total. The minimum Gasteiger partial charge on any atom is -0.480 e. The molecule has 18 heavy (non-hydrogen) atoms. The first-order chi connectivity index (χ1) is 8.56. The fourth-order valence-corrected chi connectivity index (χ4v) is 2.10. The molecule has 0 saturated carbocycles. The van der Waals surface area contributed by atoms with Gasteiger partial charge in [-0.05, 0) is 13.0 Å². The van der Waals surface area contributed by atoms with Gasteiger partial charge < -0.3 is 9.64 Å². The van der Waals surface area contributed by atoms with Crippen molar-refractivity contribution in [2.45, 2.75) is 6.92 Å². The van der Waals surface area contributed by atoms with E-state index >= 15 is 0 Å². The maximum atomic E-state index is 11.8. The van der Waals surface area contributed by atoms with Crippen molar-refractivity contribution in [1.82, 2.24) is 4.98 Å². The quantitative estimate of drug-likeness (QED) is 0.778. The molecule has 94 valence electrons. The highest BCUT2D eigenvalue weighted by molar-refractivity contribution is 6.09. The Hall–Kier alpha value is -2.10. The van der Waals surface area contributed by atoms with Crippen LogP contribution in [0, 0.1) is 0 Å². The van der Waals surface area contributed by atoms with Gasteiger partial charge in [0.2, 0.25) is 5.88 Å². The predicted octanol–water partition coefficient (Wildman–Crippen LogP) is 2.51. The second kappa shape index (κ2) is 4.64. The highest BCUT2D eigenvalue weighted by Crippen LogP contribution is 2.34. The highest BCUT2D eigenvalue weighted by atomic mass is 16.5. The molecule has 1 aromatic carbocycles. The van der Waals surface area contributed by atoms with Crippen LogP contribution in [0.25, 0.3) is 10.9 Å². The number of nitrogens with zero attached hydrogens (tertiary/aromatic N) is 2. The van der Waals surface area contributed by atoms with Crippen LogP contribution in [-0.4, -0.2) is 32.0 Å². The average Bonchev–Trinajstić information content (AvgIpc) is 2.35. The first-order valence-electron chi connectivity index (χ1n) is 5.71. The number of Topliss-reactive ketones (excluding diaryl/α,β-unsaturated/α-hetero) is 1. The van der Waals surface area contributed by atoms with Crippen molar-refractivity contribution >= 4 is 22.4 Å². The van der Waals surface area contributed by atoms with E-state index in [4.69, 9.17) is 4.74 Å². The van der Waals surface area contributed by atoms with E-state index in [1.165, 1.54) is 14.0 Å². The third kappa shape index (κ3) is 1.90. The number of carbonyl (C=O) groups excluding carboxylic acids is 1. The van der Waals surface area contributed by atoms with Gasteiger partial charge >= 0.3 is 0 Å². The molecule has 0 fully saturated rings. The summed E-state index contributed by atoms with van der Waals surface area (Å²) in [6.07, 6.45) is 0. The van der Waals surface area contributed by atoms with Crippen LogP contribution in [0.5, 0.6) is 5.88 Å². The Morgan fingerprint density at radius 2 is 1.94 bits per heavy atom. The topological polar surface area (TPSA) is 42.4 Å². The smallest absolute Gasteiger partial charge is 0.226 e. The Labute approximate surface area is 106 Å². The van der Waals surface area contributed by atoms with Crippen molar-refractivity contribution in [3.8, 4) is 5.88 Å². The fraction of sp³-hybridized carbons (Fsp3) is 0.286. The van der Waals surface area contributed by atoms with Gasteiger partial charge in [-0.3, -0.25) is 4.79 Å². The lowest BCUT2D eigenvalue weighted by atomic mass is 10.1. The number of ketones is 1. The third-order valence-electron chi connectivity index (χ3n) is 2.82. The van der Waals surface area contributed by atoms with Crippen LogP contribution in [0.1, 0.15) is 17.3 Å². The van der Waals surface area contributed by atoms with Gasteiger partial charge in [-0.2, -0.15) is 0 Å². The monoisotopic (exact) mass is 244 g/mol. The normalized spacial score (nSPS) is 10.4. The number of hydrogen-bond donors (Lipinski definition) is 0.